The number of alkyl halides is 6. The number of carbonyl (C=O) groups excluding carboxylic acids is 1. The predicted octanol–water partition coefficient (Wildman–Crippen LogP) is 8.82. The van der Waals surface area contributed by atoms with E-state index in [1.54, 1.807) is 12.1 Å². The van der Waals surface area contributed by atoms with Crippen molar-refractivity contribution in [3.05, 3.63) is 184 Å². The van der Waals surface area contributed by atoms with E-state index in [0.29, 0.717) is 30.0 Å². The van der Waals surface area contributed by atoms with Gasteiger partial charge in [-0.25, -0.2) is 0 Å². The number of ether oxygens (including phenoxy) is 4. The number of aromatic amines is 1. The molecule has 3 N–H and O–H groups in total. The van der Waals surface area contributed by atoms with Crippen LogP contribution in [-0.4, -0.2) is 55.9 Å². The minimum atomic E-state index is -4.73. The normalized spacial score (nSPS) is 9.74. The second kappa shape index (κ2) is 42.3. The molecule has 0 spiro atoms. The van der Waals surface area contributed by atoms with E-state index >= 15 is 0 Å². The number of hydrogen-bond acceptors (Lipinski definition) is 9. The second-order valence-corrected chi connectivity index (χ2v) is 15.8. The van der Waals surface area contributed by atoms with E-state index in [-0.39, 0.29) is 194 Å². The fourth-order valence-electron chi connectivity index (χ4n) is 6.31. The average molecular weight is 1420 g/mol. The maximum Gasteiger partial charge on any atom is 1.00 e. The molecule has 8 aromatic rings. The molecule has 8 rings (SSSR count). The van der Waals surface area contributed by atoms with Gasteiger partial charge >= 0.3 is 151 Å². The first kappa shape index (κ1) is 79.8. The summed E-state index contributed by atoms with van der Waals surface area (Å²) in [6.45, 7) is 6.72. The molecule has 2 heterocycles. The topological polar surface area (TPSA) is 131 Å². The number of likely N-dealkylation sites (N-methyl/N-ethyl adjacent to an activating group) is 2. The van der Waals surface area contributed by atoms with Gasteiger partial charge in [-0.1, -0.05) is 110 Å². The van der Waals surface area contributed by atoms with Crippen molar-refractivity contribution in [2.45, 2.75) is 76.9 Å². The van der Waals surface area contributed by atoms with E-state index < -0.39 is 12.7 Å². The van der Waals surface area contributed by atoms with Crippen LogP contribution >= 0.6 is 22.6 Å². The Hall–Kier alpha value is -2.64. The largest absolute Gasteiger partial charge is 1.00 e. The zero-order valence-corrected chi connectivity index (χ0v) is 54.6. The smallest absolute Gasteiger partial charge is 1.00 e. The summed E-state index contributed by atoms with van der Waals surface area (Å²) < 4.78 is 96.1. The van der Waals surface area contributed by atoms with Crippen LogP contribution in [0.2, 0.25) is 0 Å². The average Bonchev–Trinajstić information content (AvgIpc) is 3.86. The van der Waals surface area contributed by atoms with Gasteiger partial charge in [-0.15, -0.1) is 26.3 Å². The van der Waals surface area contributed by atoms with E-state index in [2.05, 4.69) is 70.8 Å². The monoisotopic (exact) mass is 1420 g/mol. The third kappa shape index (κ3) is 30.7. The zero-order chi connectivity index (χ0) is 50.2. The van der Waals surface area contributed by atoms with Crippen molar-refractivity contribution in [1.82, 2.24) is 20.2 Å². The van der Waals surface area contributed by atoms with Crippen LogP contribution in [0.5, 0.6) is 23.0 Å². The van der Waals surface area contributed by atoms with E-state index in [9.17, 15) is 26.3 Å². The van der Waals surface area contributed by atoms with Crippen LogP contribution in [-0.2, 0) is 22.9 Å². The molecule has 20 heteroatoms. The fourth-order valence-corrected chi connectivity index (χ4v) is 6.82. The molecule has 0 saturated carbocycles. The molecule has 0 aliphatic rings. The molecular formula is C56H71Cs2F6IN4O7. The van der Waals surface area contributed by atoms with Gasteiger partial charge in [0.25, 0.3) is 6.47 Å². The van der Waals surface area contributed by atoms with Crippen molar-refractivity contribution in [1.29, 1.82) is 0 Å². The van der Waals surface area contributed by atoms with Gasteiger partial charge in [-0.3, -0.25) is 4.79 Å². The molecule has 2 aromatic heterocycles. The van der Waals surface area contributed by atoms with E-state index in [4.69, 9.17) is 19.5 Å². The molecule has 6 aromatic carbocycles. The van der Waals surface area contributed by atoms with Crippen LogP contribution < -0.4 is 173 Å². The van der Waals surface area contributed by atoms with Gasteiger partial charge in [-0.05, 0) is 134 Å². The van der Waals surface area contributed by atoms with Crippen LogP contribution in [0.15, 0.2) is 158 Å². The number of halogens is 7. The SMILES string of the molecule is C.C.C.C.C.CNCCNC.Cc1cc2ccc(OC(F)(F)F)cc2[nH]1.Cc1cc2ccc(OC(F)(F)F)cc2n1-c1cccc(OCc2ccccc2)c1.Ic1cccc(OCc2ccccc2)c1.O=CO[O-].[Cs+].[Cs+].[H-]. The molecule has 0 aliphatic carbocycles. The van der Waals surface area contributed by atoms with Crippen molar-refractivity contribution in [2.75, 3.05) is 27.2 Å². The fraction of sp³-hybridized carbons (Fsp3) is 0.268. The number of carbonyl (C=O) groups is 1. The maximum atomic E-state index is 12.6. The van der Waals surface area contributed by atoms with Crippen LogP contribution in [0, 0.1) is 17.4 Å². The Kier molecular flexibility index (Phi) is 44.4. The summed E-state index contributed by atoms with van der Waals surface area (Å²) in [5.41, 5.74) is 6.09. The molecule has 0 bridgehead atoms. The van der Waals surface area contributed by atoms with Crippen molar-refractivity contribution in [3.8, 4) is 28.7 Å². The second-order valence-electron chi connectivity index (χ2n) is 14.5. The molecule has 0 amide bonds. The van der Waals surface area contributed by atoms with Gasteiger partial charge in [0.2, 0.25) is 0 Å². The van der Waals surface area contributed by atoms with Crippen molar-refractivity contribution in [2.24, 2.45) is 0 Å². The minimum Gasteiger partial charge on any atom is -1.00 e. The Bertz CT molecular complexity index is 2770. The molecule has 0 unspecified atom stereocenters. The predicted molar refractivity (Wildman–Crippen MR) is 295 cm³/mol. The van der Waals surface area contributed by atoms with Gasteiger partial charge < -0.3 is 50.7 Å². The summed E-state index contributed by atoms with van der Waals surface area (Å²) in [6, 6.07) is 47.8. The minimum absolute atomic E-state index is 0. The Balaban J connectivity index is -0.000000311. The third-order valence-electron chi connectivity index (χ3n) is 9.19. The number of benzene rings is 6. The van der Waals surface area contributed by atoms with Gasteiger partial charge in [0.15, 0.2) is 0 Å². The molecule has 76 heavy (non-hydrogen) atoms. The summed E-state index contributed by atoms with van der Waals surface area (Å²) in [6.07, 6.45) is -9.37. The summed E-state index contributed by atoms with van der Waals surface area (Å²) in [5.74, 6) is 1.14. The summed E-state index contributed by atoms with van der Waals surface area (Å²) in [7, 11) is 3.88. The molecule has 0 radical (unpaired) electrons. The molecule has 408 valence electrons. The molecule has 0 fully saturated rings. The Morgan fingerprint density at radius 1 is 0.592 bits per heavy atom. The van der Waals surface area contributed by atoms with Crippen molar-refractivity contribution >= 4 is 50.9 Å². The van der Waals surface area contributed by atoms with Crippen molar-refractivity contribution in [3.63, 3.8) is 0 Å². The third-order valence-corrected chi connectivity index (χ3v) is 9.86. The number of H-pyrrole nitrogens is 1. The Morgan fingerprint density at radius 2 is 1.05 bits per heavy atom. The molecule has 11 nitrogen and oxygen atoms in total. The number of nitrogens with one attached hydrogen (secondary N) is 3. The van der Waals surface area contributed by atoms with Gasteiger partial charge in [-0.2, -0.15) is 0 Å². The molecule has 0 saturated heterocycles. The number of aromatic nitrogens is 2. The summed E-state index contributed by atoms with van der Waals surface area (Å²) in [5, 5.41) is 16.1. The first-order valence-electron chi connectivity index (χ1n) is 20.9. The first-order chi connectivity index (χ1) is 33.0. The molecule has 0 aliphatic heterocycles. The van der Waals surface area contributed by atoms with E-state index in [1.165, 1.54) is 33.4 Å². The molecule has 0 atom stereocenters. The summed E-state index contributed by atoms with van der Waals surface area (Å²) >= 11 is 2.28. The van der Waals surface area contributed by atoms with Gasteiger partial charge in [0, 0.05) is 62.8 Å². The number of rotatable bonds is 13. The maximum absolute atomic E-state index is 12.6. The van der Waals surface area contributed by atoms with Crippen LogP contribution in [0.4, 0.5) is 26.3 Å². The summed E-state index contributed by atoms with van der Waals surface area (Å²) in [4.78, 5) is 14.2. The Labute approximate surface area is 578 Å². The zero-order valence-electron chi connectivity index (χ0n) is 40.9. The molecular weight excluding hydrogens is 1350 g/mol. The van der Waals surface area contributed by atoms with E-state index in [1.807, 2.05) is 136 Å². The first-order valence-corrected chi connectivity index (χ1v) is 22.0. The number of nitrogens with zero attached hydrogens (tertiary/aromatic N) is 1. The van der Waals surface area contributed by atoms with Crippen LogP contribution in [0.25, 0.3) is 27.5 Å². The van der Waals surface area contributed by atoms with Gasteiger partial charge in [0.1, 0.15) is 36.2 Å². The van der Waals surface area contributed by atoms with Crippen molar-refractivity contribution < 1.29 is 199 Å². The number of fused-ring (bicyclic) bond motifs is 2. The van der Waals surface area contributed by atoms with Crippen LogP contribution in [0.3, 0.4) is 0 Å². The van der Waals surface area contributed by atoms with Gasteiger partial charge in [0.05, 0.1) is 5.52 Å². The standard InChI is InChI=1S/C23H18F3NO2.C13H11IO.C10H8F3NO.C4H12N2.CH2O3.5CH4.2Cs.H/c1-16-12-18-10-11-21(29-23(24,25)26)14-22(18)27(16)19-8-5-9-20(13-19)28-15-17-6-3-2-4-7-17;14-12-7-4-8-13(9-12)15-10-11-5-2-1-3-6-11;1-6-4-7-2-3-8(5-9(7)14-6)15-10(11,12)13;1-5-3-4-6-2;2-1-4-3;;;;;;;;/h2-14H,15H2,1H3;1-9H,10H2;2-5,14H,1H3;5-6H,3-4H2,1-2H3;1,3H;5*1H4;;;/q;;;;;;;;;;2*+1;-1/p-1. The quantitative estimate of drug-likeness (QED) is 0.0259. The Morgan fingerprint density at radius 3 is 1.51 bits per heavy atom. The van der Waals surface area contributed by atoms with E-state index in [0.717, 1.165) is 52.3 Å². The number of aryl methyl sites for hydroxylation is 2. The number of hydrogen-bond donors (Lipinski definition) is 3. The van der Waals surface area contributed by atoms with Crippen LogP contribution in [0.1, 0.15) is 61.1 Å².